The normalized spacial score (nSPS) is 18.3. The van der Waals surface area contributed by atoms with E-state index in [1.807, 2.05) is 12.1 Å². The Hall–Kier alpha value is -3.45. The highest BCUT2D eigenvalue weighted by Gasteiger charge is 2.17. The largest absolute Gasteiger partial charge is 0.423 e. The van der Waals surface area contributed by atoms with Gasteiger partial charge in [0.15, 0.2) is 11.6 Å². The minimum Gasteiger partial charge on any atom is -0.423 e. The Morgan fingerprint density at radius 2 is 1.62 bits per heavy atom. The summed E-state index contributed by atoms with van der Waals surface area (Å²) in [5.74, 6) is 5.60. The van der Waals surface area contributed by atoms with Crippen LogP contribution >= 0.6 is 0 Å². The van der Waals surface area contributed by atoms with Crippen LogP contribution in [0.3, 0.4) is 0 Å². The average molecular weight is 430 g/mol. The summed E-state index contributed by atoms with van der Waals surface area (Å²) < 4.78 is 32.2. The van der Waals surface area contributed by atoms with Crippen molar-refractivity contribution in [3.63, 3.8) is 0 Å². The SMILES string of the molecule is C/C=C/C1CCC(C#Cc2ccc(C(=O)Oc3ccc4cc(F)c(F)cc4c3)cc2)CC1. The maximum absolute atomic E-state index is 13.5. The molecule has 0 unspecified atom stereocenters. The van der Waals surface area contributed by atoms with E-state index in [1.165, 1.54) is 18.9 Å². The van der Waals surface area contributed by atoms with E-state index in [0.717, 1.165) is 30.5 Å². The summed E-state index contributed by atoms with van der Waals surface area (Å²) in [6, 6.07) is 13.9. The van der Waals surface area contributed by atoms with E-state index in [-0.39, 0.29) is 5.75 Å². The van der Waals surface area contributed by atoms with Crippen molar-refractivity contribution in [2.45, 2.75) is 32.6 Å². The Kier molecular flexibility index (Phi) is 6.66. The van der Waals surface area contributed by atoms with Gasteiger partial charge in [-0.25, -0.2) is 13.6 Å². The molecule has 3 aromatic rings. The van der Waals surface area contributed by atoms with Crippen LogP contribution < -0.4 is 4.74 Å². The van der Waals surface area contributed by atoms with Crippen LogP contribution in [0.1, 0.15) is 48.5 Å². The molecular formula is C28H24F2O2. The summed E-state index contributed by atoms with van der Waals surface area (Å²) in [6.45, 7) is 2.07. The molecule has 1 aliphatic carbocycles. The first-order chi connectivity index (χ1) is 15.5. The Morgan fingerprint density at radius 1 is 0.938 bits per heavy atom. The van der Waals surface area contributed by atoms with E-state index in [1.54, 1.807) is 24.3 Å². The molecule has 0 bridgehead atoms. The van der Waals surface area contributed by atoms with Crippen LogP contribution in [0.2, 0.25) is 0 Å². The quantitative estimate of drug-likeness (QED) is 0.192. The van der Waals surface area contributed by atoms with Gasteiger partial charge >= 0.3 is 5.97 Å². The second-order valence-electron chi connectivity index (χ2n) is 8.15. The lowest BCUT2D eigenvalue weighted by Crippen LogP contribution is -2.11. The number of fused-ring (bicyclic) bond motifs is 1. The first-order valence-electron chi connectivity index (χ1n) is 10.9. The fourth-order valence-electron chi connectivity index (χ4n) is 4.05. The minimum absolute atomic E-state index is 0.269. The van der Waals surface area contributed by atoms with Gasteiger partial charge in [-0.3, -0.25) is 0 Å². The Morgan fingerprint density at radius 3 is 2.31 bits per heavy atom. The van der Waals surface area contributed by atoms with Gasteiger partial charge in [0.2, 0.25) is 0 Å². The van der Waals surface area contributed by atoms with Crippen molar-refractivity contribution < 1.29 is 18.3 Å². The van der Waals surface area contributed by atoms with Gasteiger partial charge < -0.3 is 4.74 Å². The topological polar surface area (TPSA) is 26.3 Å². The Labute approximate surface area is 186 Å². The molecule has 1 aliphatic rings. The fourth-order valence-corrected chi connectivity index (χ4v) is 4.05. The molecule has 0 radical (unpaired) electrons. The predicted octanol–water partition coefficient (Wildman–Crippen LogP) is 7.07. The molecule has 0 saturated heterocycles. The maximum Gasteiger partial charge on any atom is 0.343 e. The zero-order chi connectivity index (χ0) is 22.5. The summed E-state index contributed by atoms with van der Waals surface area (Å²) in [4.78, 5) is 12.5. The number of hydrogen-bond acceptors (Lipinski definition) is 2. The summed E-state index contributed by atoms with van der Waals surface area (Å²) in [5.41, 5.74) is 1.26. The average Bonchev–Trinajstić information content (AvgIpc) is 2.80. The van der Waals surface area contributed by atoms with Crippen LogP contribution in [0.5, 0.6) is 5.75 Å². The highest BCUT2D eigenvalue weighted by atomic mass is 19.2. The monoisotopic (exact) mass is 430 g/mol. The van der Waals surface area contributed by atoms with Crippen LogP contribution in [-0.2, 0) is 0 Å². The number of carbonyl (C=O) groups excluding carboxylic acids is 1. The van der Waals surface area contributed by atoms with Crippen molar-refractivity contribution in [2.24, 2.45) is 11.8 Å². The van der Waals surface area contributed by atoms with Crippen LogP contribution in [0.4, 0.5) is 8.78 Å². The lowest BCUT2D eigenvalue weighted by Gasteiger charge is -2.22. The molecule has 4 heteroatoms. The molecule has 3 aromatic carbocycles. The van der Waals surface area contributed by atoms with Gasteiger partial charge in [0, 0.05) is 11.5 Å². The van der Waals surface area contributed by atoms with Crippen LogP contribution in [0.25, 0.3) is 10.8 Å². The number of hydrogen-bond donors (Lipinski definition) is 0. The van der Waals surface area contributed by atoms with Crippen molar-refractivity contribution in [2.75, 3.05) is 0 Å². The number of benzene rings is 3. The van der Waals surface area contributed by atoms with E-state index in [4.69, 9.17) is 4.74 Å². The van der Waals surface area contributed by atoms with E-state index in [2.05, 4.69) is 30.9 Å². The van der Waals surface area contributed by atoms with Crippen LogP contribution in [0, 0.1) is 35.3 Å². The highest BCUT2D eigenvalue weighted by molar-refractivity contribution is 5.92. The Balaban J connectivity index is 1.39. The van der Waals surface area contributed by atoms with Crippen molar-refractivity contribution in [1.29, 1.82) is 0 Å². The maximum atomic E-state index is 13.5. The van der Waals surface area contributed by atoms with Gasteiger partial charge in [0.25, 0.3) is 0 Å². The van der Waals surface area contributed by atoms with Gasteiger partial charge in [-0.1, -0.05) is 30.1 Å². The van der Waals surface area contributed by atoms with Crippen molar-refractivity contribution in [3.8, 4) is 17.6 Å². The van der Waals surface area contributed by atoms with Crippen molar-refractivity contribution in [1.82, 2.24) is 0 Å². The van der Waals surface area contributed by atoms with Crippen LogP contribution in [0.15, 0.2) is 66.7 Å². The molecule has 32 heavy (non-hydrogen) atoms. The molecule has 0 spiro atoms. The molecular weight excluding hydrogens is 406 g/mol. The van der Waals surface area contributed by atoms with E-state index < -0.39 is 17.6 Å². The highest BCUT2D eigenvalue weighted by Crippen LogP contribution is 2.29. The number of halogens is 2. The minimum atomic E-state index is -0.941. The molecule has 2 nitrogen and oxygen atoms in total. The molecule has 0 atom stereocenters. The number of rotatable bonds is 3. The van der Waals surface area contributed by atoms with Gasteiger partial charge in [-0.2, -0.15) is 0 Å². The molecule has 4 rings (SSSR count). The number of allylic oxidation sites excluding steroid dienone is 2. The van der Waals surface area contributed by atoms with Gasteiger partial charge in [-0.05, 0) is 97.8 Å². The summed E-state index contributed by atoms with van der Waals surface area (Å²) in [7, 11) is 0. The predicted molar refractivity (Wildman–Crippen MR) is 122 cm³/mol. The fraction of sp³-hybridized carbons (Fsp3) is 0.250. The standard InChI is InChI=1S/C28H24F2O2/c1-2-3-19-4-6-20(7-5-19)8-9-21-10-12-22(13-11-21)28(31)32-25-15-14-23-17-26(29)27(30)18-24(23)16-25/h2-3,10-20H,4-7H2,1H3/b3-2+. The molecule has 0 aromatic heterocycles. The molecule has 1 fully saturated rings. The zero-order valence-electron chi connectivity index (χ0n) is 17.9. The third-order valence-corrected chi connectivity index (χ3v) is 5.84. The molecule has 0 heterocycles. The summed E-state index contributed by atoms with van der Waals surface area (Å²) >= 11 is 0. The first-order valence-corrected chi connectivity index (χ1v) is 10.9. The lowest BCUT2D eigenvalue weighted by molar-refractivity contribution is 0.0735. The lowest BCUT2D eigenvalue weighted by atomic mass is 9.82. The van der Waals surface area contributed by atoms with Gasteiger partial charge in [0.05, 0.1) is 5.56 Å². The van der Waals surface area contributed by atoms with Gasteiger partial charge in [-0.15, -0.1) is 0 Å². The third kappa shape index (κ3) is 5.23. The van der Waals surface area contributed by atoms with E-state index >= 15 is 0 Å². The third-order valence-electron chi connectivity index (χ3n) is 5.84. The molecule has 0 amide bonds. The number of ether oxygens (including phenoxy) is 1. The second kappa shape index (κ2) is 9.78. The van der Waals surface area contributed by atoms with E-state index in [9.17, 15) is 13.6 Å². The summed E-state index contributed by atoms with van der Waals surface area (Å²) in [5, 5.41) is 0.988. The van der Waals surface area contributed by atoms with Crippen molar-refractivity contribution in [3.05, 3.63) is 89.5 Å². The number of esters is 1. The zero-order valence-corrected chi connectivity index (χ0v) is 17.9. The van der Waals surface area contributed by atoms with Crippen molar-refractivity contribution >= 4 is 16.7 Å². The Bertz CT molecular complexity index is 1210. The molecule has 1 saturated carbocycles. The summed E-state index contributed by atoms with van der Waals surface area (Å²) in [6.07, 6.45) is 9.03. The molecule has 162 valence electrons. The van der Waals surface area contributed by atoms with E-state index in [0.29, 0.717) is 28.2 Å². The second-order valence-corrected chi connectivity index (χ2v) is 8.15. The molecule has 0 N–H and O–H groups in total. The van der Waals surface area contributed by atoms with Crippen LogP contribution in [-0.4, -0.2) is 5.97 Å². The smallest absolute Gasteiger partial charge is 0.343 e. The molecule has 0 aliphatic heterocycles. The number of carbonyl (C=O) groups is 1. The van der Waals surface area contributed by atoms with Gasteiger partial charge in [0.1, 0.15) is 5.75 Å². The first kappa shape index (κ1) is 21.8.